The molecule has 0 fully saturated rings. The van der Waals surface area contributed by atoms with Gasteiger partial charge < -0.3 is 0 Å². The van der Waals surface area contributed by atoms with Gasteiger partial charge in [0, 0.05) is 12.0 Å². The van der Waals surface area contributed by atoms with Gasteiger partial charge in [0.15, 0.2) is 5.78 Å². The Balaban J connectivity index is 2.50. The highest BCUT2D eigenvalue weighted by Crippen LogP contribution is 2.20. The summed E-state index contributed by atoms with van der Waals surface area (Å²) in [6.45, 7) is 8.51. The SMILES string of the molecule is C=C(CCCCC)c1ccc(C(=O)CCCCC)cc1. The van der Waals surface area contributed by atoms with Gasteiger partial charge in [-0.25, -0.2) is 0 Å². The molecule has 110 valence electrons. The number of ketones is 1. The lowest BCUT2D eigenvalue weighted by Crippen LogP contribution is -1.99. The summed E-state index contributed by atoms with van der Waals surface area (Å²) < 4.78 is 0. The van der Waals surface area contributed by atoms with Crippen molar-refractivity contribution in [1.29, 1.82) is 0 Å². The van der Waals surface area contributed by atoms with E-state index in [4.69, 9.17) is 0 Å². The van der Waals surface area contributed by atoms with Crippen molar-refractivity contribution in [3.05, 3.63) is 42.0 Å². The maximum Gasteiger partial charge on any atom is 0.162 e. The van der Waals surface area contributed by atoms with Gasteiger partial charge in [-0.3, -0.25) is 4.79 Å². The Labute approximate surface area is 124 Å². The number of unbranched alkanes of at least 4 members (excludes halogenated alkanes) is 4. The number of allylic oxidation sites excluding steroid dienone is 1. The predicted molar refractivity (Wildman–Crippen MR) is 88.1 cm³/mol. The molecular weight excluding hydrogens is 244 g/mol. The van der Waals surface area contributed by atoms with Crippen molar-refractivity contribution in [3.8, 4) is 0 Å². The first-order valence-electron chi connectivity index (χ1n) is 8.00. The van der Waals surface area contributed by atoms with Crippen LogP contribution < -0.4 is 0 Å². The summed E-state index contributed by atoms with van der Waals surface area (Å²) in [6.07, 6.45) is 8.71. The molecule has 1 aromatic rings. The molecule has 0 N–H and O–H groups in total. The molecule has 1 heteroatoms. The summed E-state index contributed by atoms with van der Waals surface area (Å²) in [7, 11) is 0. The molecule has 0 radical (unpaired) electrons. The minimum atomic E-state index is 0.265. The molecule has 20 heavy (non-hydrogen) atoms. The van der Waals surface area contributed by atoms with Crippen LogP contribution in [0.4, 0.5) is 0 Å². The number of hydrogen-bond acceptors (Lipinski definition) is 1. The Morgan fingerprint density at radius 3 is 1.90 bits per heavy atom. The second kappa shape index (κ2) is 9.52. The Hall–Kier alpha value is -1.37. The zero-order valence-electron chi connectivity index (χ0n) is 13.1. The van der Waals surface area contributed by atoms with Gasteiger partial charge in [0.2, 0.25) is 0 Å². The van der Waals surface area contributed by atoms with Gasteiger partial charge in [-0.2, -0.15) is 0 Å². The minimum absolute atomic E-state index is 0.265. The summed E-state index contributed by atoms with van der Waals surface area (Å²) >= 11 is 0. The maximum absolute atomic E-state index is 12.0. The largest absolute Gasteiger partial charge is 0.294 e. The molecule has 0 spiro atoms. The van der Waals surface area contributed by atoms with E-state index < -0.39 is 0 Å². The second-order valence-corrected chi connectivity index (χ2v) is 5.52. The van der Waals surface area contributed by atoms with E-state index in [0.29, 0.717) is 6.42 Å². The molecule has 0 bridgehead atoms. The topological polar surface area (TPSA) is 17.1 Å². The molecule has 1 aromatic carbocycles. The van der Waals surface area contributed by atoms with Crippen LogP contribution >= 0.6 is 0 Å². The second-order valence-electron chi connectivity index (χ2n) is 5.52. The number of carbonyl (C=O) groups excluding carboxylic acids is 1. The molecule has 1 nitrogen and oxygen atoms in total. The third-order valence-corrected chi connectivity index (χ3v) is 3.70. The van der Waals surface area contributed by atoms with Gasteiger partial charge >= 0.3 is 0 Å². The highest BCUT2D eigenvalue weighted by atomic mass is 16.1. The maximum atomic E-state index is 12.0. The van der Waals surface area contributed by atoms with Gasteiger partial charge in [0.05, 0.1) is 0 Å². The molecule has 0 aliphatic rings. The molecule has 0 aliphatic carbocycles. The number of hydrogen-bond donors (Lipinski definition) is 0. The average molecular weight is 272 g/mol. The monoisotopic (exact) mass is 272 g/mol. The van der Waals surface area contributed by atoms with Crippen LogP contribution in [-0.2, 0) is 0 Å². The zero-order valence-corrected chi connectivity index (χ0v) is 13.1. The van der Waals surface area contributed by atoms with Crippen LogP contribution in [0.5, 0.6) is 0 Å². The first-order valence-corrected chi connectivity index (χ1v) is 8.00. The van der Waals surface area contributed by atoms with Crippen LogP contribution in [0.1, 0.15) is 81.1 Å². The van der Waals surface area contributed by atoms with Crippen molar-refractivity contribution in [2.24, 2.45) is 0 Å². The number of rotatable bonds is 10. The quantitative estimate of drug-likeness (QED) is 0.374. The molecule has 0 heterocycles. The van der Waals surface area contributed by atoms with Crippen molar-refractivity contribution in [1.82, 2.24) is 0 Å². The van der Waals surface area contributed by atoms with Gasteiger partial charge in [-0.1, -0.05) is 70.4 Å². The van der Waals surface area contributed by atoms with E-state index in [1.165, 1.54) is 30.4 Å². The van der Waals surface area contributed by atoms with Crippen molar-refractivity contribution in [3.63, 3.8) is 0 Å². The van der Waals surface area contributed by atoms with E-state index in [1.54, 1.807) is 0 Å². The third kappa shape index (κ3) is 5.73. The number of Topliss-reactive ketones (excluding diaryl/α,β-unsaturated/α-hetero) is 1. The van der Waals surface area contributed by atoms with E-state index in [9.17, 15) is 4.79 Å². The normalized spacial score (nSPS) is 10.5. The fourth-order valence-electron chi connectivity index (χ4n) is 2.30. The van der Waals surface area contributed by atoms with E-state index >= 15 is 0 Å². The van der Waals surface area contributed by atoms with Crippen LogP contribution in [0, 0.1) is 0 Å². The highest BCUT2D eigenvalue weighted by molar-refractivity contribution is 5.96. The summed E-state index contributed by atoms with van der Waals surface area (Å²) in [5.41, 5.74) is 3.20. The summed E-state index contributed by atoms with van der Waals surface area (Å²) in [6, 6.07) is 7.99. The fraction of sp³-hybridized carbons (Fsp3) is 0.526. The number of benzene rings is 1. The highest BCUT2D eigenvalue weighted by Gasteiger charge is 2.06. The summed E-state index contributed by atoms with van der Waals surface area (Å²) in [5, 5.41) is 0. The molecule has 0 saturated carbocycles. The molecule has 1 rings (SSSR count). The smallest absolute Gasteiger partial charge is 0.162 e. The third-order valence-electron chi connectivity index (χ3n) is 3.70. The van der Waals surface area contributed by atoms with E-state index in [-0.39, 0.29) is 5.78 Å². The molecule has 0 unspecified atom stereocenters. The minimum Gasteiger partial charge on any atom is -0.294 e. The molecule has 0 saturated heterocycles. The zero-order chi connectivity index (χ0) is 14.8. The van der Waals surface area contributed by atoms with Crippen molar-refractivity contribution < 1.29 is 4.79 Å². The average Bonchev–Trinajstić information content (AvgIpc) is 2.47. The Morgan fingerprint density at radius 2 is 1.35 bits per heavy atom. The Kier molecular flexibility index (Phi) is 7.94. The Morgan fingerprint density at radius 1 is 0.850 bits per heavy atom. The molecule has 0 aromatic heterocycles. The molecule has 0 atom stereocenters. The van der Waals surface area contributed by atoms with Gasteiger partial charge in [-0.15, -0.1) is 0 Å². The van der Waals surface area contributed by atoms with E-state index in [0.717, 1.165) is 31.2 Å². The van der Waals surface area contributed by atoms with Gasteiger partial charge in [0.1, 0.15) is 0 Å². The lowest BCUT2D eigenvalue weighted by Gasteiger charge is -2.07. The summed E-state index contributed by atoms with van der Waals surface area (Å²) in [4.78, 5) is 12.0. The summed E-state index contributed by atoms with van der Waals surface area (Å²) in [5.74, 6) is 0.265. The first kappa shape index (κ1) is 16.7. The molecular formula is C19H28O. The standard InChI is InChI=1S/C19H28O/c1-4-6-8-10-16(3)17-12-14-18(15-13-17)19(20)11-9-7-5-2/h12-15H,3-11H2,1-2H3. The predicted octanol–water partition coefficient (Wildman–Crippen LogP) is 6.04. The molecule has 0 amide bonds. The van der Waals surface area contributed by atoms with Crippen LogP contribution in [0.2, 0.25) is 0 Å². The van der Waals surface area contributed by atoms with Crippen LogP contribution in [-0.4, -0.2) is 5.78 Å². The first-order chi connectivity index (χ1) is 9.69. The fourth-order valence-corrected chi connectivity index (χ4v) is 2.30. The van der Waals surface area contributed by atoms with Crippen LogP contribution in [0.15, 0.2) is 30.8 Å². The Bertz CT molecular complexity index is 373. The van der Waals surface area contributed by atoms with E-state index in [1.807, 2.05) is 24.3 Å². The lowest BCUT2D eigenvalue weighted by molar-refractivity contribution is 0.0979. The van der Waals surface area contributed by atoms with Gasteiger partial charge in [0.25, 0.3) is 0 Å². The van der Waals surface area contributed by atoms with Crippen molar-refractivity contribution >= 4 is 11.4 Å². The number of carbonyl (C=O) groups is 1. The molecule has 0 aliphatic heterocycles. The van der Waals surface area contributed by atoms with Gasteiger partial charge in [-0.05, 0) is 30.4 Å². The van der Waals surface area contributed by atoms with Crippen LogP contribution in [0.3, 0.4) is 0 Å². The van der Waals surface area contributed by atoms with Crippen LogP contribution in [0.25, 0.3) is 5.57 Å². The van der Waals surface area contributed by atoms with Crippen molar-refractivity contribution in [2.45, 2.75) is 65.2 Å². The van der Waals surface area contributed by atoms with Crippen molar-refractivity contribution in [2.75, 3.05) is 0 Å². The van der Waals surface area contributed by atoms with E-state index in [2.05, 4.69) is 20.4 Å². The lowest BCUT2D eigenvalue weighted by atomic mass is 9.98.